The minimum atomic E-state index is -5.10. The Morgan fingerprint density at radius 3 is 1.89 bits per heavy atom. The largest absolute Gasteiger partial charge is 0.507 e. The van der Waals surface area contributed by atoms with E-state index in [-0.39, 0.29) is 11.8 Å². The number of aromatic hydroxyl groups is 3. The summed E-state index contributed by atoms with van der Waals surface area (Å²) in [6, 6.07) is 2.49. The average Bonchev–Trinajstić information content (AvgIpc) is 2.53. The van der Waals surface area contributed by atoms with E-state index in [1.54, 1.807) is 0 Å². The van der Waals surface area contributed by atoms with E-state index < -0.39 is 58.7 Å². The van der Waals surface area contributed by atoms with Crippen molar-refractivity contribution < 1.29 is 46.1 Å². The van der Waals surface area contributed by atoms with Gasteiger partial charge in [-0.2, -0.15) is 16.8 Å². The van der Waals surface area contributed by atoms with Gasteiger partial charge >= 0.3 is 0 Å². The Morgan fingerprint density at radius 1 is 0.778 bits per heavy atom. The molecule has 0 bridgehead atoms. The van der Waals surface area contributed by atoms with Crippen LogP contribution in [0, 0.1) is 0 Å². The van der Waals surface area contributed by atoms with Gasteiger partial charge in [-0.05, 0) is 18.2 Å². The van der Waals surface area contributed by atoms with Crippen LogP contribution in [0.5, 0.6) is 17.2 Å². The molecule has 2 aromatic rings. The second kappa shape index (κ2) is 6.92. The predicted octanol–water partition coefficient (Wildman–Crippen LogP) is 1.52. The van der Waals surface area contributed by atoms with E-state index in [9.17, 15) is 36.9 Å². The highest BCUT2D eigenvalue weighted by Crippen LogP contribution is 2.39. The van der Waals surface area contributed by atoms with Crippen molar-refractivity contribution in [2.45, 2.75) is 9.79 Å². The number of benzene rings is 2. The summed E-state index contributed by atoms with van der Waals surface area (Å²) in [5, 5.41) is 35.7. The van der Waals surface area contributed by atoms with Crippen LogP contribution in [0.25, 0.3) is 0 Å². The number of carbonyl (C=O) groups excluding carboxylic acids is 1. The molecule has 0 aliphatic rings. The average molecular weight is 418 g/mol. The Kier molecular flexibility index (Phi) is 5.19. The van der Waals surface area contributed by atoms with E-state index in [4.69, 9.17) is 9.11 Å². The van der Waals surface area contributed by atoms with Gasteiger partial charge in [0.1, 0.15) is 27.8 Å². The van der Waals surface area contributed by atoms with Gasteiger partial charge in [0.05, 0.1) is 10.5 Å². The minimum Gasteiger partial charge on any atom is -0.507 e. The lowest BCUT2D eigenvalue weighted by Crippen LogP contribution is -2.03. The number of rotatable bonds is 5. The quantitative estimate of drug-likeness (QED) is 0.268. The third kappa shape index (κ3) is 4.37. The first-order valence-corrected chi connectivity index (χ1v) is 9.47. The summed E-state index contributed by atoms with van der Waals surface area (Å²) in [4.78, 5) is 8.50. The minimum absolute atomic E-state index is 0.237. The second-order valence-electron chi connectivity index (χ2n) is 4.96. The van der Waals surface area contributed by atoms with Crippen LogP contribution in [0.4, 0.5) is 11.4 Å². The van der Waals surface area contributed by atoms with Gasteiger partial charge in [-0.15, -0.1) is 10.2 Å². The van der Waals surface area contributed by atoms with E-state index in [2.05, 4.69) is 10.2 Å². The SMILES string of the molecule is O=Cc1cc(N=Nc2cc(S(=O)(=O)O)cc(S(=O)(=O)O)c2O)c(O)cc1O. The lowest BCUT2D eigenvalue weighted by atomic mass is 10.2. The molecule has 0 unspecified atom stereocenters. The molecule has 0 aliphatic carbocycles. The number of phenolic OH excluding ortho intramolecular Hbond substituents is 3. The Balaban J connectivity index is 2.69. The molecule has 2 aromatic carbocycles. The molecule has 0 heterocycles. The van der Waals surface area contributed by atoms with Crippen LogP contribution in [0.3, 0.4) is 0 Å². The fourth-order valence-corrected chi connectivity index (χ4v) is 3.08. The molecule has 5 N–H and O–H groups in total. The van der Waals surface area contributed by atoms with Gasteiger partial charge in [0.2, 0.25) is 0 Å². The molecular formula is C13H10N2O10S2. The van der Waals surface area contributed by atoms with Gasteiger partial charge in [-0.1, -0.05) is 0 Å². The lowest BCUT2D eigenvalue weighted by Gasteiger charge is -2.07. The van der Waals surface area contributed by atoms with Crippen molar-refractivity contribution in [3.05, 3.63) is 29.8 Å². The van der Waals surface area contributed by atoms with Crippen LogP contribution in [0.2, 0.25) is 0 Å². The fourth-order valence-electron chi connectivity index (χ4n) is 1.85. The number of azo groups is 1. The van der Waals surface area contributed by atoms with Crippen molar-refractivity contribution in [1.29, 1.82) is 0 Å². The van der Waals surface area contributed by atoms with Crippen LogP contribution in [-0.2, 0) is 20.2 Å². The molecule has 0 saturated heterocycles. The third-order valence-electron chi connectivity index (χ3n) is 3.12. The van der Waals surface area contributed by atoms with Crippen LogP contribution in [0.15, 0.2) is 44.3 Å². The summed E-state index contributed by atoms with van der Waals surface area (Å²) in [6.07, 6.45) is 0.237. The molecule has 0 spiro atoms. The zero-order valence-electron chi connectivity index (χ0n) is 12.9. The van der Waals surface area contributed by atoms with Gasteiger partial charge in [0.25, 0.3) is 20.2 Å². The molecule has 12 nitrogen and oxygen atoms in total. The third-order valence-corrected chi connectivity index (χ3v) is 4.82. The van der Waals surface area contributed by atoms with E-state index in [1.165, 1.54) is 0 Å². The second-order valence-corrected chi connectivity index (χ2v) is 7.77. The van der Waals surface area contributed by atoms with Crippen LogP contribution in [-0.4, -0.2) is 47.5 Å². The molecule has 14 heteroatoms. The highest BCUT2D eigenvalue weighted by Gasteiger charge is 2.24. The Morgan fingerprint density at radius 2 is 1.37 bits per heavy atom. The van der Waals surface area contributed by atoms with Crippen molar-refractivity contribution >= 4 is 37.9 Å². The van der Waals surface area contributed by atoms with E-state index >= 15 is 0 Å². The maximum atomic E-state index is 11.3. The molecule has 144 valence electrons. The fraction of sp³-hybridized carbons (Fsp3) is 0. The molecular weight excluding hydrogens is 408 g/mol. The van der Waals surface area contributed by atoms with E-state index in [1.807, 2.05) is 0 Å². The number of hydrogen-bond acceptors (Lipinski definition) is 10. The Labute approximate surface area is 151 Å². The van der Waals surface area contributed by atoms with Gasteiger partial charge in [-0.3, -0.25) is 13.9 Å². The zero-order chi connectivity index (χ0) is 20.6. The van der Waals surface area contributed by atoms with Crippen LogP contribution < -0.4 is 0 Å². The van der Waals surface area contributed by atoms with E-state index in [0.717, 1.165) is 12.1 Å². The molecule has 2 rings (SSSR count). The van der Waals surface area contributed by atoms with Crippen molar-refractivity contribution in [2.24, 2.45) is 10.2 Å². The van der Waals surface area contributed by atoms with Gasteiger partial charge < -0.3 is 15.3 Å². The van der Waals surface area contributed by atoms with Gasteiger partial charge in [0, 0.05) is 6.07 Å². The van der Waals surface area contributed by atoms with E-state index in [0.29, 0.717) is 12.1 Å². The lowest BCUT2D eigenvalue weighted by molar-refractivity contribution is 0.112. The number of carbonyl (C=O) groups is 1. The molecule has 0 aliphatic heterocycles. The predicted molar refractivity (Wildman–Crippen MR) is 87.1 cm³/mol. The topological polar surface area (TPSA) is 211 Å². The number of phenols is 3. The monoisotopic (exact) mass is 418 g/mol. The van der Waals surface area contributed by atoms with Gasteiger partial charge in [-0.25, -0.2) is 0 Å². The summed E-state index contributed by atoms with van der Waals surface area (Å²) in [5.74, 6) is -2.41. The normalized spacial score (nSPS) is 12.4. The highest BCUT2D eigenvalue weighted by atomic mass is 32.2. The summed E-state index contributed by atoms with van der Waals surface area (Å²) >= 11 is 0. The van der Waals surface area contributed by atoms with Crippen molar-refractivity contribution in [3.8, 4) is 17.2 Å². The van der Waals surface area contributed by atoms with Crippen molar-refractivity contribution in [3.63, 3.8) is 0 Å². The van der Waals surface area contributed by atoms with Crippen LogP contribution >= 0.6 is 0 Å². The zero-order valence-corrected chi connectivity index (χ0v) is 14.5. The summed E-state index contributed by atoms with van der Waals surface area (Å²) in [6.45, 7) is 0. The molecule has 27 heavy (non-hydrogen) atoms. The summed E-state index contributed by atoms with van der Waals surface area (Å²) in [7, 11) is -10.1. The maximum Gasteiger partial charge on any atom is 0.298 e. The number of nitrogens with zero attached hydrogens (tertiary/aromatic N) is 2. The Bertz CT molecular complexity index is 1170. The molecule has 0 aromatic heterocycles. The molecule has 0 saturated carbocycles. The first-order chi connectivity index (χ1) is 12.3. The summed E-state index contributed by atoms with van der Waals surface area (Å²) < 4.78 is 63.2. The number of aldehydes is 1. The highest BCUT2D eigenvalue weighted by molar-refractivity contribution is 7.86. The number of hydrogen-bond donors (Lipinski definition) is 5. The smallest absolute Gasteiger partial charge is 0.298 e. The Hall–Kier alpha value is -3.07. The van der Waals surface area contributed by atoms with Gasteiger partial charge in [0.15, 0.2) is 12.0 Å². The van der Waals surface area contributed by atoms with Crippen molar-refractivity contribution in [1.82, 2.24) is 0 Å². The van der Waals surface area contributed by atoms with Crippen LogP contribution in [0.1, 0.15) is 10.4 Å². The van der Waals surface area contributed by atoms with Crippen molar-refractivity contribution in [2.75, 3.05) is 0 Å². The summed E-state index contributed by atoms with van der Waals surface area (Å²) in [5.41, 5.74) is -1.49. The molecule has 0 amide bonds. The molecule has 0 radical (unpaired) electrons. The molecule has 0 fully saturated rings. The maximum absolute atomic E-state index is 11.3. The first-order valence-electron chi connectivity index (χ1n) is 6.59. The first kappa shape index (κ1) is 20.2. The molecule has 0 atom stereocenters. The standard InChI is InChI=1S/C13H10N2O10S2/c16-5-6-1-8(11(18)4-10(6)17)14-15-9-2-7(26(20,21)22)3-12(13(9)19)27(23,24)25/h1-5,17-19H,(H,20,21,22)(H,23,24,25).